The average molecular weight is 301 g/mol. The van der Waals surface area contributed by atoms with Gasteiger partial charge in [0.25, 0.3) is 0 Å². The van der Waals surface area contributed by atoms with E-state index in [9.17, 15) is 0 Å². The highest BCUT2D eigenvalue weighted by Gasteiger charge is 1.97. The zero-order chi connectivity index (χ0) is 15.5. The first-order valence-electron chi connectivity index (χ1n) is 7.39. The predicted octanol–water partition coefficient (Wildman–Crippen LogP) is 3.56. The van der Waals surface area contributed by atoms with Gasteiger partial charge in [-0.2, -0.15) is 5.10 Å². The molecule has 0 fully saturated rings. The molecule has 0 aliphatic rings. The Kier molecular flexibility index (Phi) is 3.44. The van der Waals surface area contributed by atoms with Crippen molar-refractivity contribution in [3.05, 3.63) is 78.5 Å². The highest BCUT2D eigenvalue weighted by Crippen LogP contribution is 2.16. The molecule has 0 unspecified atom stereocenters. The Balaban J connectivity index is 1.49. The molecular formula is C18H15N5. The number of aromatic nitrogens is 4. The Morgan fingerprint density at radius 3 is 2.83 bits per heavy atom. The zero-order valence-electron chi connectivity index (χ0n) is 12.4. The molecule has 112 valence electrons. The minimum atomic E-state index is 0.716. The minimum absolute atomic E-state index is 0.716. The SMILES string of the molecule is C(=Nc1ccc(Cn2cncn2)cc1)c1ccc2[nH]ccc2c1. The van der Waals surface area contributed by atoms with Gasteiger partial charge in [0.05, 0.1) is 12.2 Å². The Morgan fingerprint density at radius 2 is 2.00 bits per heavy atom. The van der Waals surface area contributed by atoms with Crippen LogP contribution in [0.15, 0.2) is 72.4 Å². The second kappa shape index (κ2) is 5.88. The third-order valence-electron chi connectivity index (χ3n) is 3.69. The van der Waals surface area contributed by atoms with Crippen LogP contribution in [-0.4, -0.2) is 26.0 Å². The maximum absolute atomic E-state index is 4.54. The summed E-state index contributed by atoms with van der Waals surface area (Å²) in [5, 5.41) is 5.30. The van der Waals surface area contributed by atoms with E-state index < -0.39 is 0 Å². The number of hydrogen-bond acceptors (Lipinski definition) is 3. The van der Waals surface area contributed by atoms with E-state index in [0.29, 0.717) is 6.54 Å². The fourth-order valence-corrected chi connectivity index (χ4v) is 2.49. The first-order chi connectivity index (χ1) is 11.4. The molecule has 2 heterocycles. The van der Waals surface area contributed by atoms with Crippen LogP contribution in [0.2, 0.25) is 0 Å². The van der Waals surface area contributed by atoms with Gasteiger partial charge in [0.1, 0.15) is 12.7 Å². The minimum Gasteiger partial charge on any atom is -0.361 e. The lowest BCUT2D eigenvalue weighted by atomic mass is 10.1. The maximum Gasteiger partial charge on any atom is 0.137 e. The Bertz CT molecular complexity index is 933. The van der Waals surface area contributed by atoms with Gasteiger partial charge >= 0.3 is 0 Å². The first kappa shape index (κ1) is 13.5. The van der Waals surface area contributed by atoms with Crippen LogP contribution >= 0.6 is 0 Å². The molecule has 4 rings (SSSR count). The third-order valence-corrected chi connectivity index (χ3v) is 3.69. The number of H-pyrrole nitrogens is 1. The summed E-state index contributed by atoms with van der Waals surface area (Å²) in [5.74, 6) is 0. The Morgan fingerprint density at radius 1 is 1.09 bits per heavy atom. The van der Waals surface area contributed by atoms with Crippen LogP contribution in [-0.2, 0) is 6.54 Å². The number of rotatable bonds is 4. The summed E-state index contributed by atoms with van der Waals surface area (Å²) in [6, 6.07) is 16.4. The zero-order valence-corrected chi connectivity index (χ0v) is 12.4. The van der Waals surface area contributed by atoms with Gasteiger partial charge in [-0.3, -0.25) is 4.99 Å². The molecule has 2 aromatic carbocycles. The molecule has 4 aromatic rings. The maximum atomic E-state index is 4.54. The van der Waals surface area contributed by atoms with Crippen LogP contribution in [0, 0.1) is 0 Å². The van der Waals surface area contributed by atoms with Gasteiger partial charge in [-0.25, -0.2) is 9.67 Å². The average Bonchev–Trinajstić information content (AvgIpc) is 3.25. The van der Waals surface area contributed by atoms with Gasteiger partial charge < -0.3 is 4.98 Å². The van der Waals surface area contributed by atoms with Crippen molar-refractivity contribution >= 4 is 22.8 Å². The topological polar surface area (TPSA) is 58.9 Å². The van der Waals surface area contributed by atoms with E-state index in [1.54, 1.807) is 17.3 Å². The number of nitrogens with zero attached hydrogens (tertiary/aromatic N) is 4. The van der Waals surface area contributed by atoms with Crippen molar-refractivity contribution in [1.29, 1.82) is 0 Å². The van der Waals surface area contributed by atoms with Crippen LogP contribution in [0.1, 0.15) is 11.1 Å². The van der Waals surface area contributed by atoms with Crippen molar-refractivity contribution in [3.63, 3.8) is 0 Å². The monoisotopic (exact) mass is 301 g/mol. The van der Waals surface area contributed by atoms with E-state index >= 15 is 0 Å². The molecule has 0 amide bonds. The number of fused-ring (bicyclic) bond motifs is 1. The Labute approximate surface area is 133 Å². The highest BCUT2D eigenvalue weighted by molar-refractivity contribution is 5.89. The lowest BCUT2D eigenvalue weighted by molar-refractivity contribution is 0.685. The van der Waals surface area contributed by atoms with Gasteiger partial charge in [0, 0.05) is 17.9 Å². The summed E-state index contributed by atoms with van der Waals surface area (Å²) in [5.41, 5.74) is 4.33. The fourth-order valence-electron chi connectivity index (χ4n) is 2.49. The molecule has 23 heavy (non-hydrogen) atoms. The van der Waals surface area contributed by atoms with Gasteiger partial charge in [-0.1, -0.05) is 18.2 Å². The largest absolute Gasteiger partial charge is 0.361 e. The smallest absolute Gasteiger partial charge is 0.137 e. The number of benzene rings is 2. The Hall–Kier alpha value is -3.21. The lowest BCUT2D eigenvalue weighted by Crippen LogP contribution is -1.99. The van der Waals surface area contributed by atoms with Crippen LogP contribution in [0.5, 0.6) is 0 Å². The van der Waals surface area contributed by atoms with Gasteiger partial charge in [0.2, 0.25) is 0 Å². The van der Waals surface area contributed by atoms with E-state index in [1.165, 1.54) is 10.9 Å². The lowest BCUT2D eigenvalue weighted by Gasteiger charge is -2.01. The van der Waals surface area contributed by atoms with Gasteiger partial charge in [0.15, 0.2) is 0 Å². The molecule has 0 radical (unpaired) electrons. The van der Waals surface area contributed by atoms with Gasteiger partial charge in [-0.15, -0.1) is 0 Å². The number of aromatic amines is 1. The normalized spacial score (nSPS) is 11.5. The van der Waals surface area contributed by atoms with E-state index in [1.807, 2.05) is 24.5 Å². The second-order valence-corrected chi connectivity index (χ2v) is 5.34. The van der Waals surface area contributed by atoms with Crippen LogP contribution in [0.25, 0.3) is 10.9 Å². The van der Waals surface area contributed by atoms with Crippen molar-refractivity contribution < 1.29 is 0 Å². The second-order valence-electron chi connectivity index (χ2n) is 5.34. The molecule has 0 aliphatic carbocycles. The fraction of sp³-hybridized carbons (Fsp3) is 0.0556. The molecule has 0 bridgehead atoms. The van der Waals surface area contributed by atoms with E-state index in [-0.39, 0.29) is 0 Å². The first-order valence-corrected chi connectivity index (χ1v) is 7.39. The molecule has 1 N–H and O–H groups in total. The number of aliphatic imine (C=N–C) groups is 1. The molecule has 5 nitrogen and oxygen atoms in total. The standard InChI is InChI=1S/C18H15N5/c1-4-17(5-2-14(1)11-23-13-19-12-22-23)21-10-15-3-6-18-16(9-15)7-8-20-18/h1-10,12-13,20H,11H2. The summed E-state index contributed by atoms with van der Waals surface area (Å²) >= 11 is 0. The molecule has 5 heteroatoms. The van der Waals surface area contributed by atoms with Crippen LogP contribution < -0.4 is 0 Å². The summed E-state index contributed by atoms with van der Waals surface area (Å²) in [6.45, 7) is 0.716. The van der Waals surface area contributed by atoms with Gasteiger partial charge in [-0.05, 0) is 46.8 Å². The third kappa shape index (κ3) is 3.03. The van der Waals surface area contributed by atoms with Crippen molar-refractivity contribution in [3.8, 4) is 0 Å². The van der Waals surface area contributed by atoms with Crippen molar-refractivity contribution in [1.82, 2.24) is 19.7 Å². The number of nitrogens with one attached hydrogen (secondary N) is 1. The van der Waals surface area contributed by atoms with Crippen molar-refractivity contribution in [2.75, 3.05) is 0 Å². The highest BCUT2D eigenvalue weighted by atomic mass is 15.3. The van der Waals surface area contributed by atoms with Crippen LogP contribution in [0.3, 0.4) is 0 Å². The van der Waals surface area contributed by atoms with E-state index in [2.05, 4.69) is 56.5 Å². The quantitative estimate of drug-likeness (QED) is 0.586. The molecule has 0 saturated heterocycles. The molecule has 2 aromatic heterocycles. The van der Waals surface area contributed by atoms with E-state index in [4.69, 9.17) is 0 Å². The van der Waals surface area contributed by atoms with Crippen molar-refractivity contribution in [2.24, 2.45) is 4.99 Å². The van der Waals surface area contributed by atoms with Crippen LogP contribution in [0.4, 0.5) is 5.69 Å². The number of hydrogen-bond donors (Lipinski definition) is 1. The molecule has 0 atom stereocenters. The molecule has 0 saturated carbocycles. The summed E-state index contributed by atoms with van der Waals surface area (Å²) in [6.07, 6.45) is 7.08. The summed E-state index contributed by atoms with van der Waals surface area (Å²) in [7, 11) is 0. The summed E-state index contributed by atoms with van der Waals surface area (Å²) in [4.78, 5) is 11.7. The molecule has 0 aliphatic heterocycles. The molecular weight excluding hydrogens is 286 g/mol. The molecule has 0 spiro atoms. The summed E-state index contributed by atoms with van der Waals surface area (Å²) < 4.78 is 1.80. The van der Waals surface area contributed by atoms with E-state index in [0.717, 1.165) is 16.8 Å². The van der Waals surface area contributed by atoms with Crippen molar-refractivity contribution in [2.45, 2.75) is 6.54 Å². The predicted molar refractivity (Wildman–Crippen MR) is 91.1 cm³/mol.